The van der Waals surface area contributed by atoms with Gasteiger partial charge in [0.1, 0.15) is 18.0 Å². The largest absolute Gasteiger partial charge is 0.468 e. The number of ether oxygens (including phenoxy) is 1. The fourth-order valence-electron chi connectivity index (χ4n) is 1.11. The Kier molecular flexibility index (Phi) is 3.34. The van der Waals surface area contributed by atoms with E-state index < -0.39 is 17.7 Å². The van der Waals surface area contributed by atoms with Crippen molar-refractivity contribution in [1.82, 2.24) is 0 Å². The van der Waals surface area contributed by atoms with Crippen molar-refractivity contribution in [3.05, 3.63) is 35.6 Å². The lowest BCUT2D eigenvalue weighted by Crippen LogP contribution is -2.16. The van der Waals surface area contributed by atoms with Crippen molar-refractivity contribution in [3.8, 4) is 0 Å². The van der Waals surface area contributed by atoms with Crippen LogP contribution in [0, 0.1) is 5.82 Å². The molecule has 1 atom stereocenters. The van der Waals surface area contributed by atoms with Crippen LogP contribution >= 0.6 is 0 Å². The Balaban J connectivity index is 3.07. The van der Waals surface area contributed by atoms with Gasteiger partial charge in [-0.1, -0.05) is 18.2 Å². The zero-order valence-corrected chi connectivity index (χ0v) is 7.57. The number of carbonyl (C=O) groups excluding carboxylic acids is 2. The van der Waals surface area contributed by atoms with Gasteiger partial charge in [0.05, 0.1) is 7.11 Å². The lowest BCUT2D eigenvalue weighted by molar-refractivity contribution is -0.143. The maximum Gasteiger partial charge on any atom is 0.320 e. The highest BCUT2D eigenvalue weighted by Crippen LogP contribution is 2.18. The van der Waals surface area contributed by atoms with Crippen molar-refractivity contribution in [1.29, 1.82) is 0 Å². The standard InChI is InChI=1S/C10H9FO3/c1-14-10(13)8(6-12)7-4-2-3-5-9(7)11/h2-6,8H,1H3/t8-/m0/s1. The predicted octanol–water partition coefficient (Wildman–Crippen LogP) is 1.28. The van der Waals surface area contributed by atoms with Gasteiger partial charge in [-0.25, -0.2) is 4.39 Å². The van der Waals surface area contributed by atoms with Crippen LogP contribution < -0.4 is 0 Å². The Labute approximate surface area is 80.5 Å². The van der Waals surface area contributed by atoms with Crippen molar-refractivity contribution < 1.29 is 18.7 Å². The van der Waals surface area contributed by atoms with Crippen molar-refractivity contribution in [2.45, 2.75) is 5.92 Å². The van der Waals surface area contributed by atoms with Crippen LogP contribution in [0.3, 0.4) is 0 Å². The molecule has 0 aliphatic heterocycles. The first-order valence-electron chi connectivity index (χ1n) is 3.98. The highest BCUT2D eigenvalue weighted by Gasteiger charge is 2.23. The highest BCUT2D eigenvalue weighted by atomic mass is 19.1. The van der Waals surface area contributed by atoms with Crippen molar-refractivity contribution in [3.63, 3.8) is 0 Å². The second-order valence-electron chi connectivity index (χ2n) is 2.66. The number of hydrogen-bond acceptors (Lipinski definition) is 3. The fourth-order valence-corrected chi connectivity index (χ4v) is 1.11. The average molecular weight is 196 g/mol. The van der Waals surface area contributed by atoms with Crippen LogP contribution in [0.1, 0.15) is 11.5 Å². The molecule has 14 heavy (non-hydrogen) atoms. The number of hydrogen-bond donors (Lipinski definition) is 0. The van der Waals surface area contributed by atoms with Gasteiger partial charge in [-0.05, 0) is 6.07 Å². The first-order valence-corrected chi connectivity index (χ1v) is 3.98. The third-order valence-corrected chi connectivity index (χ3v) is 1.83. The zero-order valence-electron chi connectivity index (χ0n) is 7.57. The molecule has 0 spiro atoms. The number of benzene rings is 1. The van der Waals surface area contributed by atoms with Crippen molar-refractivity contribution >= 4 is 12.3 Å². The molecule has 1 aromatic carbocycles. The number of esters is 1. The molecule has 0 saturated heterocycles. The molecule has 0 N–H and O–H groups in total. The van der Waals surface area contributed by atoms with Crippen molar-refractivity contribution in [2.24, 2.45) is 0 Å². The molecule has 0 fully saturated rings. The summed E-state index contributed by atoms with van der Waals surface area (Å²) < 4.78 is 17.5. The van der Waals surface area contributed by atoms with Gasteiger partial charge in [0.25, 0.3) is 0 Å². The monoisotopic (exact) mass is 196 g/mol. The summed E-state index contributed by atoms with van der Waals surface area (Å²) in [5.74, 6) is -2.53. The van der Waals surface area contributed by atoms with Crippen LogP contribution in [0.15, 0.2) is 24.3 Å². The molecule has 0 heterocycles. The number of methoxy groups -OCH3 is 1. The number of halogens is 1. The van der Waals surface area contributed by atoms with E-state index in [4.69, 9.17) is 0 Å². The van der Waals surface area contributed by atoms with Gasteiger partial charge in [-0.15, -0.1) is 0 Å². The third kappa shape index (κ3) is 1.96. The van der Waals surface area contributed by atoms with Gasteiger partial charge in [-0.2, -0.15) is 0 Å². The van der Waals surface area contributed by atoms with E-state index >= 15 is 0 Å². The van der Waals surface area contributed by atoms with E-state index in [1.165, 1.54) is 18.2 Å². The summed E-state index contributed by atoms with van der Waals surface area (Å²) >= 11 is 0. The number of aldehydes is 1. The minimum atomic E-state index is -1.18. The van der Waals surface area contributed by atoms with E-state index in [0.29, 0.717) is 6.29 Å². The molecule has 0 amide bonds. The first kappa shape index (κ1) is 10.4. The summed E-state index contributed by atoms with van der Waals surface area (Å²) in [6.07, 6.45) is 0.365. The van der Waals surface area contributed by atoms with Gasteiger partial charge in [-0.3, -0.25) is 4.79 Å². The van der Waals surface area contributed by atoms with Crippen LogP contribution in [0.5, 0.6) is 0 Å². The van der Waals surface area contributed by atoms with Crippen LogP contribution in [0.2, 0.25) is 0 Å². The van der Waals surface area contributed by atoms with Crippen LogP contribution in [0.4, 0.5) is 4.39 Å². The number of rotatable bonds is 3. The van der Waals surface area contributed by atoms with Gasteiger partial charge < -0.3 is 9.53 Å². The Morgan fingerprint density at radius 3 is 2.64 bits per heavy atom. The molecule has 1 rings (SSSR count). The van der Waals surface area contributed by atoms with E-state index in [0.717, 1.165) is 7.11 Å². The normalized spacial score (nSPS) is 11.9. The second-order valence-corrected chi connectivity index (χ2v) is 2.66. The molecule has 0 bridgehead atoms. The molecular weight excluding hydrogens is 187 g/mol. The lowest BCUT2D eigenvalue weighted by atomic mass is 10.0. The first-order chi connectivity index (χ1) is 6.70. The van der Waals surface area contributed by atoms with Crippen LogP contribution in [0.25, 0.3) is 0 Å². The third-order valence-electron chi connectivity index (χ3n) is 1.83. The topological polar surface area (TPSA) is 43.4 Å². The van der Waals surface area contributed by atoms with Crippen LogP contribution in [-0.4, -0.2) is 19.4 Å². The molecule has 0 aliphatic carbocycles. The summed E-state index contributed by atoms with van der Waals surface area (Å²) in [4.78, 5) is 21.7. The summed E-state index contributed by atoms with van der Waals surface area (Å²) in [5, 5.41) is 0. The van der Waals surface area contributed by atoms with E-state index in [2.05, 4.69) is 4.74 Å². The second kappa shape index (κ2) is 4.50. The SMILES string of the molecule is COC(=O)[C@@H](C=O)c1ccccc1F. The zero-order chi connectivity index (χ0) is 10.6. The summed E-state index contributed by atoms with van der Waals surface area (Å²) in [6, 6.07) is 5.61. The maximum atomic E-state index is 13.2. The minimum absolute atomic E-state index is 0.0364. The van der Waals surface area contributed by atoms with E-state index in [1.54, 1.807) is 6.07 Å². The average Bonchev–Trinajstić information content (AvgIpc) is 2.21. The molecule has 0 aromatic heterocycles. The number of carbonyl (C=O) groups is 2. The van der Waals surface area contributed by atoms with Gasteiger partial charge >= 0.3 is 5.97 Å². The molecule has 3 nitrogen and oxygen atoms in total. The molecule has 0 saturated carbocycles. The summed E-state index contributed by atoms with van der Waals surface area (Å²) in [6.45, 7) is 0. The fraction of sp³-hybridized carbons (Fsp3) is 0.200. The smallest absolute Gasteiger partial charge is 0.320 e. The molecule has 1 aromatic rings. The molecule has 0 aliphatic rings. The Bertz CT molecular complexity index is 349. The minimum Gasteiger partial charge on any atom is -0.468 e. The predicted molar refractivity (Wildman–Crippen MR) is 47.2 cm³/mol. The summed E-state index contributed by atoms with van der Waals surface area (Å²) in [7, 11) is 1.15. The van der Waals surface area contributed by atoms with E-state index in [-0.39, 0.29) is 5.56 Å². The van der Waals surface area contributed by atoms with Gasteiger partial charge in [0.15, 0.2) is 0 Å². The highest BCUT2D eigenvalue weighted by molar-refractivity contribution is 5.94. The van der Waals surface area contributed by atoms with Gasteiger partial charge in [0.2, 0.25) is 0 Å². The molecule has 74 valence electrons. The quantitative estimate of drug-likeness (QED) is 0.415. The molecule has 0 radical (unpaired) electrons. The molecular formula is C10H9FO3. The summed E-state index contributed by atoms with van der Waals surface area (Å²) in [5.41, 5.74) is 0.0364. The Morgan fingerprint density at radius 1 is 1.50 bits per heavy atom. The van der Waals surface area contributed by atoms with E-state index in [9.17, 15) is 14.0 Å². The maximum absolute atomic E-state index is 13.2. The van der Waals surface area contributed by atoms with Crippen molar-refractivity contribution in [2.75, 3.05) is 7.11 Å². The lowest BCUT2D eigenvalue weighted by Gasteiger charge is -2.08. The molecule has 4 heteroatoms. The van der Waals surface area contributed by atoms with E-state index in [1.807, 2.05) is 0 Å². The van der Waals surface area contributed by atoms with Crippen LogP contribution in [-0.2, 0) is 14.3 Å². The van der Waals surface area contributed by atoms with Gasteiger partial charge in [0, 0.05) is 5.56 Å². The molecule has 0 unspecified atom stereocenters. The Morgan fingerprint density at radius 2 is 2.14 bits per heavy atom. The Hall–Kier alpha value is -1.71.